The van der Waals surface area contributed by atoms with E-state index in [1.54, 1.807) is 42.2 Å². The van der Waals surface area contributed by atoms with E-state index < -0.39 is 41.5 Å². The summed E-state index contributed by atoms with van der Waals surface area (Å²) in [5.41, 5.74) is -1.61. The number of carbonyl (C=O) groups excluding carboxylic acids is 2. The number of H-pyrrole nitrogens is 1. The standard InChI is InChI=1S/C16H16FN3O5/c1-2-25-15(23)13(10-6-4-3-5-7-10)18-12(21)9-20-8-11(17)14(22)19-16(20)24/h3-8,13H,2,9H2,1H3,(H,18,21)(H,19,22,24)/t13-/m1/s1. The lowest BCUT2D eigenvalue weighted by atomic mass is 10.1. The van der Waals surface area contributed by atoms with E-state index in [0.29, 0.717) is 16.3 Å². The Balaban J connectivity index is 2.20. The Kier molecular flexibility index (Phi) is 5.83. The Morgan fingerprint density at radius 2 is 1.96 bits per heavy atom. The number of carbonyl (C=O) groups is 2. The van der Waals surface area contributed by atoms with E-state index in [4.69, 9.17) is 4.74 Å². The molecule has 1 amide bonds. The molecule has 0 radical (unpaired) electrons. The number of hydrogen-bond acceptors (Lipinski definition) is 5. The van der Waals surface area contributed by atoms with Crippen LogP contribution in [0.25, 0.3) is 0 Å². The van der Waals surface area contributed by atoms with Crippen LogP contribution in [0.4, 0.5) is 4.39 Å². The smallest absolute Gasteiger partial charge is 0.333 e. The van der Waals surface area contributed by atoms with Gasteiger partial charge >= 0.3 is 11.7 Å². The zero-order chi connectivity index (χ0) is 18.4. The molecule has 2 N–H and O–H groups in total. The van der Waals surface area contributed by atoms with Crippen molar-refractivity contribution in [1.29, 1.82) is 0 Å². The van der Waals surface area contributed by atoms with Crippen LogP contribution in [0.2, 0.25) is 0 Å². The topological polar surface area (TPSA) is 110 Å². The number of amides is 1. The monoisotopic (exact) mass is 349 g/mol. The lowest BCUT2D eigenvalue weighted by molar-refractivity contribution is -0.147. The molecule has 0 spiro atoms. The number of nitrogens with zero attached hydrogens (tertiary/aromatic N) is 1. The maximum absolute atomic E-state index is 13.3. The number of aromatic nitrogens is 2. The van der Waals surface area contributed by atoms with Gasteiger partial charge in [0.25, 0.3) is 5.56 Å². The van der Waals surface area contributed by atoms with Crippen molar-refractivity contribution in [2.24, 2.45) is 0 Å². The number of benzene rings is 1. The van der Waals surface area contributed by atoms with Crippen LogP contribution in [0.5, 0.6) is 0 Å². The van der Waals surface area contributed by atoms with Crippen LogP contribution in [0.1, 0.15) is 18.5 Å². The summed E-state index contributed by atoms with van der Waals surface area (Å²) in [6, 6.07) is 7.32. The summed E-state index contributed by atoms with van der Waals surface area (Å²) in [4.78, 5) is 48.6. The third-order valence-electron chi connectivity index (χ3n) is 3.24. The average Bonchev–Trinajstić information content (AvgIpc) is 2.58. The minimum absolute atomic E-state index is 0.128. The Morgan fingerprint density at radius 1 is 1.28 bits per heavy atom. The van der Waals surface area contributed by atoms with E-state index in [0.717, 1.165) is 0 Å². The van der Waals surface area contributed by atoms with E-state index in [9.17, 15) is 23.6 Å². The van der Waals surface area contributed by atoms with Gasteiger partial charge in [-0.15, -0.1) is 0 Å². The highest BCUT2D eigenvalue weighted by Crippen LogP contribution is 2.14. The normalized spacial score (nSPS) is 11.6. The Hall–Kier alpha value is -3.23. The largest absolute Gasteiger partial charge is 0.464 e. The number of halogens is 1. The van der Waals surface area contributed by atoms with Gasteiger partial charge in [-0.3, -0.25) is 19.1 Å². The van der Waals surface area contributed by atoms with Crippen LogP contribution in [0, 0.1) is 5.82 Å². The Labute approximate surface area is 141 Å². The zero-order valence-electron chi connectivity index (χ0n) is 13.3. The molecule has 0 fully saturated rings. The molecule has 0 unspecified atom stereocenters. The second kappa shape index (κ2) is 8.04. The lowest BCUT2D eigenvalue weighted by Crippen LogP contribution is -2.40. The van der Waals surface area contributed by atoms with Crippen LogP contribution < -0.4 is 16.6 Å². The van der Waals surface area contributed by atoms with Crippen LogP contribution in [0.15, 0.2) is 46.1 Å². The van der Waals surface area contributed by atoms with Crippen molar-refractivity contribution in [2.75, 3.05) is 6.61 Å². The van der Waals surface area contributed by atoms with Gasteiger partial charge < -0.3 is 10.1 Å². The second-order valence-electron chi connectivity index (χ2n) is 5.03. The molecule has 1 aromatic carbocycles. The summed E-state index contributed by atoms with van der Waals surface area (Å²) in [5.74, 6) is -2.59. The number of nitrogens with one attached hydrogen (secondary N) is 2. The summed E-state index contributed by atoms with van der Waals surface area (Å²) in [5, 5.41) is 2.44. The predicted molar refractivity (Wildman–Crippen MR) is 85.2 cm³/mol. The molecule has 1 atom stereocenters. The first-order valence-corrected chi connectivity index (χ1v) is 7.42. The summed E-state index contributed by atoms with van der Waals surface area (Å²) < 4.78 is 18.9. The summed E-state index contributed by atoms with van der Waals surface area (Å²) in [7, 11) is 0. The SMILES string of the molecule is CCOC(=O)[C@H](NC(=O)Cn1cc(F)c(=O)[nH]c1=O)c1ccccc1. The first-order valence-electron chi connectivity index (χ1n) is 7.42. The van der Waals surface area contributed by atoms with E-state index in [1.165, 1.54) is 0 Å². The first-order chi connectivity index (χ1) is 11.9. The molecule has 25 heavy (non-hydrogen) atoms. The number of rotatable bonds is 6. The van der Waals surface area contributed by atoms with Crippen molar-refractivity contribution in [1.82, 2.24) is 14.9 Å². The van der Waals surface area contributed by atoms with Gasteiger partial charge in [0.1, 0.15) is 6.54 Å². The minimum Gasteiger partial charge on any atom is -0.464 e. The van der Waals surface area contributed by atoms with E-state index >= 15 is 0 Å². The van der Waals surface area contributed by atoms with Crippen molar-refractivity contribution in [3.05, 3.63) is 68.7 Å². The molecule has 0 aliphatic heterocycles. The van der Waals surface area contributed by atoms with Crippen LogP contribution in [-0.4, -0.2) is 28.0 Å². The van der Waals surface area contributed by atoms with Crippen molar-refractivity contribution < 1.29 is 18.7 Å². The van der Waals surface area contributed by atoms with Gasteiger partial charge in [0.05, 0.1) is 12.8 Å². The summed E-state index contributed by atoms with van der Waals surface area (Å²) in [6.07, 6.45) is 0.628. The van der Waals surface area contributed by atoms with Gasteiger partial charge in [0, 0.05) is 0 Å². The highest BCUT2D eigenvalue weighted by molar-refractivity contribution is 5.85. The number of hydrogen-bond donors (Lipinski definition) is 2. The van der Waals surface area contributed by atoms with E-state index in [-0.39, 0.29) is 6.61 Å². The molecule has 1 heterocycles. The van der Waals surface area contributed by atoms with Crippen molar-refractivity contribution in [3.8, 4) is 0 Å². The number of aromatic amines is 1. The molecular weight excluding hydrogens is 333 g/mol. The predicted octanol–water partition coefficient (Wildman–Crippen LogP) is 0.0963. The molecule has 2 aromatic rings. The molecule has 2 rings (SSSR count). The Bertz CT molecular complexity index is 875. The molecular formula is C16H16FN3O5. The maximum atomic E-state index is 13.3. The molecule has 8 nitrogen and oxygen atoms in total. The Morgan fingerprint density at radius 3 is 2.60 bits per heavy atom. The fraction of sp³-hybridized carbons (Fsp3) is 0.250. The first kappa shape index (κ1) is 18.1. The molecule has 0 saturated heterocycles. The van der Waals surface area contributed by atoms with Gasteiger partial charge in [-0.1, -0.05) is 30.3 Å². The molecule has 0 bridgehead atoms. The molecule has 9 heteroatoms. The third kappa shape index (κ3) is 4.63. The summed E-state index contributed by atoms with van der Waals surface area (Å²) in [6.45, 7) is 1.18. The molecule has 0 saturated carbocycles. The zero-order valence-corrected chi connectivity index (χ0v) is 13.3. The van der Waals surface area contributed by atoms with Crippen molar-refractivity contribution in [2.45, 2.75) is 19.5 Å². The highest BCUT2D eigenvalue weighted by atomic mass is 19.1. The van der Waals surface area contributed by atoms with Crippen LogP contribution >= 0.6 is 0 Å². The van der Waals surface area contributed by atoms with Gasteiger partial charge in [-0.25, -0.2) is 9.59 Å². The molecule has 1 aromatic heterocycles. The van der Waals surface area contributed by atoms with Gasteiger partial charge in [-0.05, 0) is 12.5 Å². The second-order valence-corrected chi connectivity index (χ2v) is 5.03. The fourth-order valence-electron chi connectivity index (χ4n) is 2.11. The maximum Gasteiger partial charge on any atom is 0.333 e. The van der Waals surface area contributed by atoms with Crippen LogP contribution in [0.3, 0.4) is 0 Å². The lowest BCUT2D eigenvalue weighted by Gasteiger charge is -2.18. The molecule has 0 aliphatic rings. The van der Waals surface area contributed by atoms with Gasteiger partial charge in [0.15, 0.2) is 6.04 Å². The van der Waals surface area contributed by atoms with Gasteiger partial charge in [0.2, 0.25) is 11.7 Å². The number of esters is 1. The summed E-state index contributed by atoms with van der Waals surface area (Å²) >= 11 is 0. The average molecular weight is 349 g/mol. The van der Waals surface area contributed by atoms with Crippen molar-refractivity contribution >= 4 is 11.9 Å². The molecule has 132 valence electrons. The number of ether oxygens (including phenoxy) is 1. The van der Waals surface area contributed by atoms with Crippen LogP contribution in [-0.2, 0) is 20.9 Å². The van der Waals surface area contributed by atoms with E-state index in [2.05, 4.69) is 5.32 Å². The quantitative estimate of drug-likeness (QED) is 0.719. The van der Waals surface area contributed by atoms with Gasteiger partial charge in [-0.2, -0.15) is 4.39 Å². The highest BCUT2D eigenvalue weighted by Gasteiger charge is 2.24. The van der Waals surface area contributed by atoms with E-state index in [1.807, 2.05) is 0 Å². The van der Waals surface area contributed by atoms with Crippen molar-refractivity contribution in [3.63, 3.8) is 0 Å². The third-order valence-corrected chi connectivity index (χ3v) is 3.24. The molecule has 0 aliphatic carbocycles. The fourth-order valence-corrected chi connectivity index (χ4v) is 2.11. The minimum atomic E-state index is -1.20.